The fourth-order valence-electron chi connectivity index (χ4n) is 3.03. The number of hydrogen-bond donors (Lipinski definition) is 2. The summed E-state index contributed by atoms with van der Waals surface area (Å²) in [6, 6.07) is 8.77. The highest BCUT2D eigenvalue weighted by molar-refractivity contribution is 5.95. The highest BCUT2D eigenvalue weighted by atomic mass is 16.2. The minimum Gasteiger partial charge on any atom is -0.347 e. The number of amides is 2. The Hall–Kier alpha value is -3.40. The Labute approximate surface area is 158 Å². The van der Waals surface area contributed by atoms with Gasteiger partial charge in [0.2, 0.25) is 17.8 Å². The Morgan fingerprint density at radius 1 is 1.26 bits per heavy atom. The van der Waals surface area contributed by atoms with Crippen LogP contribution in [-0.2, 0) is 9.59 Å². The number of hydrogen-bond acceptors (Lipinski definition) is 5. The number of aromatic nitrogens is 2. The number of anilines is 2. The van der Waals surface area contributed by atoms with Crippen molar-refractivity contribution in [1.82, 2.24) is 15.3 Å². The van der Waals surface area contributed by atoms with E-state index in [0.717, 1.165) is 19.4 Å². The highest BCUT2D eigenvalue weighted by Crippen LogP contribution is 2.20. The molecule has 27 heavy (non-hydrogen) atoms. The first-order valence-electron chi connectivity index (χ1n) is 8.82. The summed E-state index contributed by atoms with van der Waals surface area (Å²) in [6.07, 6.45) is 10.4. The van der Waals surface area contributed by atoms with Crippen molar-refractivity contribution in [1.29, 1.82) is 0 Å². The van der Waals surface area contributed by atoms with Gasteiger partial charge in [0, 0.05) is 36.7 Å². The Balaban J connectivity index is 1.49. The number of carbonyl (C=O) groups is 2. The van der Waals surface area contributed by atoms with Crippen LogP contribution in [0.25, 0.3) is 0 Å². The topological polar surface area (TPSA) is 87.2 Å². The molecule has 7 heteroatoms. The molecule has 0 aliphatic carbocycles. The minimum absolute atomic E-state index is 0.0859. The van der Waals surface area contributed by atoms with Crippen LogP contribution in [0.1, 0.15) is 18.4 Å². The molecule has 1 atom stereocenters. The number of benzene rings is 1. The molecule has 0 spiro atoms. The molecule has 3 rings (SSSR count). The van der Waals surface area contributed by atoms with E-state index in [4.69, 9.17) is 6.42 Å². The van der Waals surface area contributed by atoms with Crippen molar-refractivity contribution < 1.29 is 9.59 Å². The molecule has 2 amide bonds. The van der Waals surface area contributed by atoms with Gasteiger partial charge in [-0.2, -0.15) is 0 Å². The summed E-state index contributed by atoms with van der Waals surface area (Å²) in [5.74, 6) is 2.52. The summed E-state index contributed by atoms with van der Waals surface area (Å²) in [4.78, 5) is 35.0. The first-order chi connectivity index (χ1) is 13.2. The van der Waals surface area contributed by atoms with Crippen LogP contribution >= 0.6 is 0 Å². The van der Waals surface area contributed by atoms with Crippen LogP contribution in [0.3, 0.4) is 0 Å². The normalized spacial score (nSPS) is 16.3. The van der Waals surface area contributed by atoms with E-state index in [9.17, 15) is 9.59 Å². The third kappa shape index (κ3) is 5.05. The lowest BCUT2D eigenvalue weighted by atomic mass is 9.97. The second-order valence-corrected chi connectivity index (χ2v) is 6.33. The van der Waals surface area contributed by atoms with E-state index in [-0.39, 0.29) is 24.3 Å². The average molecular weight is 363 g/mol. The smallest absolute Gasteiger partial charge is 0.243 e. The fraction of sp³-hybridized carbons (Fsp3) is 0.300. The lowest BCUT2D eigenvalue weighted by Crippen LogP contribution is -2.45. The molecular weight excluding hydrogens is 342 g/mol. The minimum atomic E-state index is -0.295. The number of nitrogens with zero attached hydrogens (tertiary/aromatic N) is 3. The fourth-order valence-corrected chi connectivity index (χ4v) is 3.03. The molecule has 0 bridgehead atoms. The summed E-state index contributed by atoms with van der Waals surface area (Å²) in [6.45, 7) is 1.28. The van der Waals surface area contributed by atoms with E-state index < -0.39 is 0 Å². The van der Waals surface area contributed by atoms with Gasteiger partial charge in [-0.15, -0.1) is 6.42 Å². The Morgan fingerprint density at radius 3 is 2.85 bits per heavy atom. The van der Waals surface area contributed by atoms with E-state index in [2.05, 4.69) is 26.5 Å². The predicted octanol–water partition coefficient (Wildman–Crippen LogP) is 1.43. The van der Waals surface area contributed by atoms with E-state index in [1.54, 1.807) is 42.7 Å². The van der Waals surface area contributed by atoms with Gasteiger partial charge in [0.25, 0.3) is 0 Å². The second-order valence-electron chi connectivity index (χ2n) is 6.33. The molecule has 1 aliphatic heterocycles. The first-order valence-corrected chi connectivity index (χ1v) is 8.82. The molecule has 1 fully saturated rings. The average Bonchev–Trinajstić information content (AvgIpc) is 2.73. The maximum absolute atomic E-state index is 12.4. The number of carbonyl (C=O) groups excluding carboxylic acids is 2. The summed E-state index contributed by atoms with van der Waals surface area (Å²) < 4.78 is 0. The van der Waals surface area contributed by atoms with Gasteiger partial charge < -0.3 is 15.5 Å². The van der Waals surface area contributed by atoms with Crippen molar-refractivity contribution in [3.63, 3.8) is 0 Å². The molecule has 0 unspecified atom stereocenters. The second kappa shape index (κ2) is 8.81. The third-order valence-electron chi connectivity index (χ3n) is 4.36. The Morgan fingerprint density at radius 2 is 2.07 bits per heavy atom. The van der Waals surface area contributed by atoms with Gasteiger partial charge in [0.15, 0.2) is 0 Å². The maximum atomic E-state index is 12.4. The molecule has 2 N–H and O–H groups in total. The van der Waals surface area contributed by atoms with Gasteiger partial charge in [-0.3, -0.25) is 9.59 Å². The molecule has 7 nitrogen and oxygen atoms in total. The molecule has 1 saturated heterocycles. The molecule has 2 aromatic rings. The first kappa shape index (κ1) is 18.4. The van der Waals surface area contributed by atoms with Crippen LogP contribution in [0.5, 0.6) is 0 Å². The maximum Gasteiger partial charge on any atom is 0.243 e. The van der Waals surface area contributed by atoms with Crippen molar-refractivity contribution in [3.8, 4) is 12.3 Å². The van der Waals surface area contributed by atoms with E-state index in [0.29, 0.717) is 23.7 Å². The molecule has 138 valence electrons. The van der Waals surface area contributed by atoms with Crippen LogP contribution in [0, 0.1) is 18.3 Å². The lowest BCUT2D eigenvalue weighted by Gasteiger charge is -2.31. The van der Waals surface area contributed by atoms with Crippen LogP contribution in [0.4, 0.5) is 11.6 Å². The van der Waals surface area contributed by atoms with Gasteiger partial charge in [0.1, 0.15) is 0 Å². The molecule has 1 aromatic carbocycles. The number of terminal acetylenes is 1. The van der Waals surface area contributed by atoms with Crippen molar-refractivity contribution in [2.75, 3.05) is 29.9 Å². The van der Waals surface area contributed by atoms with Crippen molar-refractivity contribution in [2.45, 2.75) is 12.8 Å². The van der Waals surface area contributed by atoms with Crippen LogP contribution in [0.15, 0.2) is 42.7 Å². The molecule has 1 aliphatic rings. The number of piperidine rings is 1. The molecule has 1 aromatic heterocycles. The van der Waals surface area contributed by atoms with Crippen molar-refractivity contribution in [2.24, 2.45) is 5.92 Å². The van der Waals surface area contributed by atoms with E-state index in [1.165, 1.54) is 0 Å². The van der Waals surface area contributed by atoms with Gasteiger partial charge in [-0.05, 0) is 37.1 Å². The summed E-state index contributed by atoms with van der Waals surface area (Å²) >= 11 is 0. The van der Waals surface area contributed by atoms with E-state index in [1.807, 2.05) is 4.90 Å². The van der Waals surface area contributed by atoms with E-state index >= 15 is 0 Å². The Kier molecular flexibility index (Phi) is 6.00. The summed E-state index contributed by atoms with van der Waals surface area (Å²) in [7, 11) is 0. The van der Waals surface area contributed by atoms with Gasteiger partial charge in [0.05, 0.1) is 12.5 Å². The quantitative estimate of drug-likeness (QED) is 0.785. The largest absolute Gasteiger partial charge is 0.347 e. The molecule has 0 saturated carbocycles. The van der Waals surface area contributed by atoms with Crippen molar-refractivity contribution in [3.05, 3.63) is 48.3 Å². The van der Waals surface area contributed by atoms with Crippen LogP contribution in [0.2, 0.25) is 0 Å². The highest BCUT2D eigenvalue weighted by Gasteiger charge is 2.27. The van der Waals surface area contributed by atoms with Gasteiger partial charge in [-0.1, -0.05) is 12.0 Å². The molecule has 2 heterocycles. The van der Waals surface area contributed by atoms with Gasteiger partial charge in [-0.25, -0.2) is 9.97 Å². The monoisotopic (exact) mass is 363 g/mol. The summed E-state index contributed by atoms with van der Waals surface area (Å²) in [5.41, 5.74) is 1.29. The number of nitrogens with one attached hydrogen (secondary N) is 2. The zero-order valence-corrected chi connectivity index (χ0v) is 14.9. The zero-order chi connectivity index (χ0) is 19.1. The molecule has 0 radical (unpaired) electrons. The van der Waals surface area contributed by atoms with Crippen LogP contribution < -0.4 is 15.5 Å². The summed E-state index contributed by atoms with van der Waals surface area (Å²) in [5, 5.41) is 5.44. The third-order valence-corrected chi connectivity index (χ3v) is 4.36. The van der Waals surface area contributed by atoms with Gasteiger partial charge >= 0.3 is 0 Å². The zero-order valence-electron chi connectivity index (χ0n) is 14.9. The predicted molar refractivity (Wildman–Crippen MR) is 103 cm³/mol. The number of rotatable bonds is 5. The van der Waals surface area contributed by atoms with Crippen molar-refractivity contribution >= 4 is 23.5 Å². The molecular formula is C20H21N5O2. The standard InChI is InChI=1S/C20H21N5O2/c1-2-15-6-3-8-17(12-15)24-18(26)13-23-19(27)16-7-4-11-25(14-16)20-21-9-5-10-22-20/h1,3,5-6,8-10,12,16H,4,7,11,13-14H2,(H,23,27)(H,24,26)/t16-/m0/s1. The lowest BCUT2D eigenvalue weighted by molar-refractivity contribution is -0.127. The van der Waals surface area contributed by atoms with Crippen LogP contribution in [-0.4, -0.2) is 41.4 Å². The Bertz CT molecular complexity index is 847. The SMILES string of the molecule is C#Cc1cccc(NC(=O)CNC(=O)[C@H]2CCCN(c3ncccn3)C2)c1.